The van der Waals surface area contributed by atoms with Crippen LogP contribution in [0.4, 0.5) is 0 Å². The van der Waals surface area contributed by atoms with Gasteiger partial charge in [-0.05, 0) is 33.6 Å². The minimum absolute atomic E-state index is 0.0225. The van der Waals surface area contributed by atoms with Crippen LogP contribution in [0.15, 0.2) is 16.6 Å². The summed E-state index contributed by atoms with van der Waals surface area (Å²) in [4.78, 5) is 4.69. The summed E-state index contributed by atoms with van der Waals surface area (Å²) in [5.41, 5.74) is -0.0225. The average molecular weight is 345 g/mol. The van der Waals surface area contributed by atoms with E-state index in [0.29, 0.717) is 11.1 Å². The van der Waals surface area contributed by atoms with E-state index >= 15 is 0 Å². The molecule has 0 atom stereocenters. The van der Waals surface area contributed by atoms with Gasteiger partial charge in [0.1, 0.15) is 5.84 Å². The Morgan fingerprint density at radius 1 is 1.24 bits per heavy atom. The van der Waals surface area contributed by atoms with Crippen LogP contribution in [-0.2, 0) is 0 Å². The first-order valence-electron chi connectivity index (χ1n) is 6.75. The fourth-order valence-corrected chi connectivity index (χ4v) is 2.01. The monoisotopic (exact) mass is 344 g/mol. The molecule has 1 aliphatic rings. The Bertz CT molecular complexity index is 350. The minimum atomic E-state index is -4.19. The molecule has 21 heavy (non-hydrogen) atoms. The van der Waals surface area contributed by atoms with Crippen molar-refractivity contribution in [1.82, 2.24) is 5.32 Å². The molecule has 0 saturated heterocycles. The molecule has 0 aromatic heterocycles. The van der Waals surface area contributed by atoms with Crippen LogP contribution >= 0.6 is 11.6 Å². The molecular weight excluding hydrogens is 319 g/mol. The summed E-state index contributed by atoms with van der Waals surface area (Å²) < 4.78 is 30.2. The Labute approximate surface area is 133 Å². The van der Waals surface area contributed by atoms with Gasteiger partial charge in [-0.15, -0.1) is 0 Å². The van der Waals surface area contributed by atoms with Gasteiger partial charge in [-0.25, -0.2) is 0 Å². The van der Waals surface area contributed by atoms with E-state index < -0.39 is 10.2 Å². The van der Waals surface area contributed by atoms with Crippen molar-refractivity contribution in [1.29, 1.82) is 0 Å². The normalized spacial score (nSPS) is 18.6. The fraction of sp³-hybridized carbons (Fsp3) is 0.769. The third-order valence-electron chi connectivity index (χ3n) is 2.64. The van der Waals surface area contributed by atoms with Crippen molar-refractivity contribution in [3.05, 3.63) is 11.6 Å². The first-order valence-corrected chi connectivity index (χ1v) is 8.45. The molecule has 6 nitrogen and oxygen atoms in total. The Morgan fingerprint density at radius 3 is 2.00 bits per heavy atom. The Morgan fingerprint density at radius 2 is 1.67 bits per heavy atom. The standard InChI is InChI=1S/C13H23ClN2.ClH3O4/c1-10(14)12(16-13(2,3)4)15-11-8-6-5-7-9-11;2-1(3,4)5/h11H,1,5-9H2,2-4H3,(H,15,16);2-4H. The van der Waals surface area contributed by atoms with Crippen molar-refractivity contribution < 1.29 is 28.9 Å². The van der Waals surface area contributed by atoms with E-state index in [0.717, 1.165) is 5.84 Å². The van der Waals surface area contributed by atoms with E-state index in [1.165, 1.54) is 32.1 Å². The number of hydrogen-bond acceptors (Lipinski definition) is 5. The molecule has 0 unspecified atom stereocenters. The first kappa shape index (κ1) is 20.6. The molecule has 0 aromatic carbocycles. The second-order valence-corrected chi connectivity index (χ2v) is 7.31. The number of rotatable bonds is 2. The summed E-state index contributed by atoms with van der Waals surface area (Å²) in [6.07, 6.45) is 6.27. The Hall–Kier alpha value is -0.370. The van der Waals surface area contributed by atoms with Gasteiger partial charge in [-0.1, -0.05) is 37.4 Å². The second kappa shape index (κ2) is 8.92. The van der Waals surface area contributed by atoms with Gasteiger partial charge in [0.2, 0.25) is 0 Å². The van der Waals surface area contributed by atoms with Crippen molar-refractivity contribution in [3.63, 3.8) is 0 Å². The molecule has 0 amide bonds. The van der Waals surface area contributed by atoms with Gasteiger partial charge < -0.3 is 5.32 Å². The number of hydrogen-bond donors (Lipinski definition) is 4. The van der Waals surface area contributed by atoms with Crippen LogP contribution in [0.3, 0.4) is 0 Å². The molecular formula is C13H26Cl2N2O4. The summed E-state index contributed by atoms with van der Waals surface area (Å²) in [5.74, 6) is 0.765. The molecule has 1 fully saturated rings. The SMILES string of the molecule is C=C(Cl)C(=NC1CCCCC1)NC(C)(C)C.[O-][Cl+](O)(O)O. The van der Waals surface area contributed by atoms with Gasteiger partial charge in [0.15, 0.2) is 0 Å². The predicted octanol–water partition coefficient (Wildman–Crippen LogP) is 0.998. The predicted molar refractivity (Wildman–Crippen MR) is 78.8 cm³/mol. The van der Waals surface area contributed by atoms with E-state index in [1.807, 2.05) is 0 Å². The molecule has 1 aliphatic carbocycles. The van der Waals surface area contributed by atoms with E-state index in [1.54, 1.807) is 0 Å². The van der Waals surface area contributed by atoms with Crippen LogP contribution in [0.2, 0.25) is 0 Å². The van der Waals surface area contributed by atoms with Gasteiger partial charge in [-0.2, -0.15) is 0 Å². The van der Waals surface area contributed by atoms with Crippen LogP contribution in [0.1, 0.15) is 52.9 Å². The Kier molecular flexibility index (Phi) is 8.77. The number of halogens is 2. The maximum absolute atomic E-state index is 8.83. The zero-order valence-corrected chi connectivity index (χ0v) is 14.3. The topological polar surface area (TPSA) is 108 Å². The van der Waals surface area contributed by atoms with E-state index in [9.17, 15) is 0 Å². The summed E-state index contributed by atoms with van der Waals surface area (Å²) in [6.45, 7) is 10.1. The Balaban J connectivity index is 0.000000690. The summed E-state index contributed by atoms with van der Waals surface area (Å²) in [6, 6.07) is 0.425. The van der Waals surface area contributed by atoms with Gasteiger partial charge in [0, 0.05) is 5.54 Å². The molecule has 0 heterocycles. The molecule has 126 valence electrons. The number of nitrogens with zero attached hydrogens (tertiary/aromatic N) is 1. The van der Waals surface area contributed by atoms with Crippen LogP contribution in [-0.4, -0.2) is 31.4 Å². The van der Waals surface area contributed by atoms with Crippen LogP contribution in [0.25, 0.3) is 0 Å². The van der Waals surface area contributed by atoms with Crippen LogP contribution in [0.5, 0.6) is 0 Å². The molecule has 0 bridgehead atoms. The number of nitrogens with one attached hydrogen (secondary N) is 1. The molecule has 1 saturated carbocycles. The maximum atomic E-state index is 8.83. The van der Waals surface area contributed by atoms with Gasteiger partial charge in [0.25, 0.3) is 0 Å². The summed E-state index contributed by atoms with van der Waals surface area (Å²) in [7, 11) is -4.19. The molecule has 0 spiro atoms. The zero-order chi connectivity index (χ0) is 16.7. The first-order chi connectivity index (χ1) is 9.38. The summed E-state index contributed by atoms with van der Waals surface area (Å²) >= 11 is 5.98. The average Bonchev–Trinajstić information content (AvgIpc) is 2.25. The van der Waals surface area contributed by atoms with Crippen molar-refractivity contribution in [2.24, 2.45) is 4.99 Å². The fourth-order valence-electron chi connectivity index (χ4n) is 1.92. The van der Waals surface area contributed by atoms with Crippen LogP contribution in [0, 0.1) is 10.2 Å². The zero-order valence-electron chi connectivity index (χ0n) is 12.8. The quantitative estimate of drug-likeness (QED) is 0.441. The van der Waals surface area contributed by atoms with Gasteiger partial charge in [-0.3, -0.25) is 4.99 Å². The van der Waals surface area contributed by atoms with Crippen molar-refractivity contribution in [3.8, 4) is 0 Å². The molecule has 8 heteroatoms. The third kappa shape index (κ3) is 14.3. The number of aliphatic imine (C=N–C) groups is 1. The van der Waals surface area contributed by atoms with Crippen molar-refractivity contribution >= 4 is 17.4 Å². The number of amidine groups is 1. The van der Waals surface area contributed by atoms with Gasteiger partial charge >= 0.3 is 28.9 Å². The molecule has 0 aliphatic heterocycles. The second-order valence-electron chi connectivity index (χ2n) is 5.98. The molecule has 1 rings (SSSR count). The van der Waals surface area contributed by atoms with Crippen molar-refractivity contribution in [2.75, 3.05) is 0 Å². The van der Waals surface area contributed by atoms with Crippen molar-refractivity contribution in [2.45, 2.75) is 64.5 Å². The van der Waals surface area contributed by atoms with E-state index in [2.05, 4.69) is 32.7 Å². The summed E-state index contributed by atoms with van der Waals surface area (Å²) in [5, 5.41) is 3.84. The molecule has 4 N–H and O–H groups in total. The molecule has 0 radical (unpaired) electrons. The third-order valence-corrected chi connectivity index (χ3v) is 2.82. The van der Waals surface area contributed by atoms with Crippen LogP contribution < -0.4 is 9.98 Å². The van der Waals surface area contributed by atoms with E-state index in [-0.39, 0.29) is 5.54 Å². The van der Waals surface area contributed by atoms with E-state index in [4.69, 9.17) is 35.2 Å². The molecule has 0 aromatic rings. The van der Waals surface area contributed by atoms with Gasteiger partial charge in [0.05, 0.1) is 11.1 Å².